The van der Waals surface area contributed by atoms with E-state index in [0.29, 0.717) is 11.4 Å². The maximum atomic E-state index is 12.7. The van der Waals surface area contributed by atoms with Gasteiger partial charge in [-0.2, -0.15) is 0 Å². The zero-order valence-electron chi connectivity index (χ0n) is 11.3. The third-order valence-electron chi connectivity index (χ3n) is 3.28. The molecule has 21 heavy (non-hydrogen) atoms. The number of benzene rings is 1. The zero-order chi connectivity index (χ0) is 15.0. The van der Waals surface area contributed by atoms with Crippen molar-refractivity contribution in [1.29, 1.82) is 0 Å². The summed E-state index contributed by atoms with van der Waals surface area (Å²) in [6, 6.07) is 8.82. The van der Waals surface area contributed by atoms with Crippen LogP contribution in [0.2, 0.25) is 0 Å². The number of para-hydroxylation sites is 1. The molecule has 1 aliphatic heterocycles. The maximum absolute atomic E-state index is 12.7. The Labute approximate surface area is 122 Å². The van der Waals surface area contributed by atoms with E-state index in [2.05, 4.69) is 5.32 Å². The Kier molecular flexibility index (Phi) is 3.21. The van der Waals surface area contributed by atoms with Gasteiger partial charge in [-0.25, -0.2) is 17.2 Å². The average Bonchev–Trinajstić information content (AvgIpc) is 2.92. The normalized spacial score (nSPS) is 18.8. The molecule has 0 bridgehead atoms. The Hall–Kier alpha value is -2.28. The third-order valence-corrected chi connectivity index (χ3v) is 5.05. The number of ether oxygens (including phenoxy) is 1. The summed E-state index contributed by atoms with van der Waals surface area (Å²) in [6.07, 6.45) is 1.43. The lowest BCUT2D eigenvalue weighted by atomic mass is 10.2. The molecule has 0 fully saturated rings. The number of carbonyl (C=O) groups excluding carboxylic acids is 1. The van der Waals surface area contributed by atoms with Crippen LogP contribution in [0.3, 0.4) is 0 Å². The highest BCUT2D eigenvalue weighted by Crippen LogP contribution is 2.33. The minimum absolute atomic E-state index is 0.134. The number of nitrogens with one attached hydrogen (secondary N) is 1. The Morgan fingerprint density at radius 1 is 1.29 bits per heavy atom. The lowest BCUT2D eigenvalue weighted by molar-refractivity contribution is -0.144. The summed E-state index contributed by atoms with van der Waals surface area (Å²) < 4.78 is 31.5. The molecule has 2 aromatic rings. The number of rotatable bonds is 2. The SMILES string of the molecule is CCOC(=O)[C@@H]1Nc2ccccc2S(=O)(=O)n2cccc21. The van der Waals surface area contributed by atoms with Crippen LogP contribution in [0.15, 0.2) is 47.5 Å². The van der Waals surface area contributed by atoms with E-state index in [-0.39, 0.29) is 11.5 Å². The van der Waals surface area contributed by atoms with E-state index in [4.69, 9.17) is 4.74 Å². The van der Waals surface area contributed by atoms with E-state index < -0.39 is 22.0 Å². The van der Waals surface area contributed by atoms with Crippen molar-refractivity contribution >= 4 is 21.7 Å². The van der Waals surface area contributed by atoms with Crippen LogP contribution in [-0.4, -0.2) is 25.0 Å². The summed E-state index contributed by atoms with van der Waals surface area (Å²) in [5.74, 6) is -0.510. The van der Waals surface area contributed by atoms with Gasteiger partial charge in [-0.3, -0.25) is 0 Å². The van der Waals surface area contributed by atoms with Crippen molar-refractivity contribution in [3.05, 3.63) is 48.3 Å². The lowest BCUT2D eigenvalue weighted by Crippen LogP contribution is -2.24. The van der Waals surface area contributed by atoms with Gasteiger partial charge in [0.05, 0.1) is 18.0 Å². The Morgan fingerprint density at radius 2 is 2.05 bits per heavy atom. The van der Waals surface area contributed by atoms with Crippen molar-refractivity contribution in [2.24, 2.45) is 0 Å². The highest BCUT2D eigenvalue weighted by Gasteiger charge is 2.34. The van der Waals surface area contributed by atoms with Crippen molar-refractivity contribution in [2.45, 2.75) is 17.9 Å². The quantitative estimate of drug-likeness (QED) is 0.855. The molecule has 1 N–H and O–H groups in total. The maximum Gasteiger partial charge on any atom is 0.334 e. The molecule has 0 amide bonds. The first-order valence-corrected chi connectivity index (χ1v) is 7.94. The van der Waals surface area contributed by atoms with Crippen LogP contribution >= 0.6 is 0 Å². The highest BCUT2D eigenvalue weighted by atomic mass is 32.2. The zero-order valence-corrected chi connectivity index (χ0v) is 12.1. The molecule has 0 saturated heterocycles. The number of nitrogens with zero attached hydrogens (tertiary/aromatic N) is 1. The fraction of sp³-hybridized carbons (Fsp3) is 0.214. The Balaban J connectivity index is 2.23. The van der Waals surface area contributed by atoms with Crippen LogP contribution < -0.4 is 5.32 Å². The molecule has 2 heterocycles. The van der Waals surface area contributed by atoms with E-state index in [1.807, 2.05) is 0 Å². The predicted octanol–water partition coefficient (Wildman–Crippen LogP) is 1.75. The third kappa shape index (κ3) is 2.09. The minimum atomic E-state index is -3.73. The van der Waals surface area contributed by atoms with Crippen LogP contribution in [0.25, 0.3) is 0 Å². The predicted molar refractivity (Wildman–Crippen MR) is 76.5 cm³/mol. The summed E-state index contributed by atoms with van der Waals surface area (Å²) in [4.78, 5) is 12.3. The molecule has 6 nitrogen and oxygen atoms in total. The Bertz CT molecular complexity index is 795. The van der Waals surface area contributed by atoms with E-state index in [9.17, 15) is 13.2 Å². The molecular weight excluding hydrogens is 292 g/mol. The second-order valence-corrected chi connectivity index (χ2v) is 6.34. The van der Waals surface area contributed by atoms with E-state index >= 15 is 0 Å². The van der Waals surface area contributed by atoms with Crippen molar-refractivity contribution < 1.29 is 17.9 Å². The summed E-state index contributed by atoms with van der Waals surface area (Å²) in [5.41, 5.74) is 0.726. The first-order chi connectivity index (χ1) is 10.1. The first kappa shape index (κ1) is 13.7. The Morgan fingerprint density at radius 3 is 2.81 bits per heavy atom. The lowest BCUT2D eigenvalue weighted by Gasteiger charge is -2.16. The second kappa shape index (κ2) is 4.92. The molecule has 7 heteroatoms. The van der Waals surface area contributed by atoms with Gasteiger partial charge in [0.1, 0.15) is 4.90 Å². The van der Waals surface area contributed by atoms with Gasteiger partial charge in [-0.1, -0.05) is 12.1 Å². The van der Waals surface area contributed by atoms with Crippen molar-refractivity contribution in [1.82, 2.24) is 3.97 Å². The fourth-order valence-electron chi connectivity index (χ4n) is 2.37. The van der Waals surface area contributed by atoms with Crippen molar-refractivity contribution in [2.75, 3.05) is 11.9 Å². The topological polar surface area (TPSA) is 77.4 Å². The molecule has 0 radical (unpaired) electrons. The van der Waals surface area contributed by atoms with Gasteiger partial charge in [0.2, 0.25) is 0 Å². The smallest absolute Gasteiger partial charge is 0.334 e. The van der Waals surface area contributed by atoms with Gasteiger partial charge in [0, 0.05) is 6.20 Å². The number of hydrogen-bond acceptors (Lipinski definition) is 5. The van der Waals surface area contributed by atoms with Crippen molar-refractivity contribution in [3.8, 4) is 0 Å². The van der Waals surface area contributed by atoms with Gasteiger partial charge < -0.3 is 10.1 Å². The number of esters is 1. The van der Waals surface area contributed by atoms with Crippen LogP contribution in [0.5, 0.6) is 0 Å². The number of hydrogen-bond donors (Lipinski definition) is 1. The van der Waals surface area contributed by atoms with Crippen LogP contribution in [-0.2, 0) is 19.6 Å². The van der Waals surface area contributed by atoms with Crippen LogP contribution in [0.4, 0.5) is 5.69 Å². The standard InChI is InChI=1S/C14H14N2O4S/c1-2-20-14(17)13-11-7-5-9-16(11)21(18,19)12-8-4-3-6-10(12)15-13/h3-9,13,15H,2H2,1H3/t13-/m1/s1. The largest absolute Gasteiger partial charge is 0.464 e. The van der Waals surface area contributed by atoms with E-state index in [0.717, 1.165) is 3.97 Å². The van der Waals surface area contributed by atoms with Gasteiger partial charge in [0.25, 0.3) is 10.0 Å². The van der Waals surface area contributed by atoms with E-state index in [1.165, 1.54) is 12.3 Å². The number of fused-ring (bicyclic) bond motifs is 2. The van der Waals surface area contributed by atoms with Crippen LogP contribution in [0.1, 0.15) is 18.7 Å². The van der Waals surface area contributed by atoms with Crippen LogP contribution in [0, 0.1) is 0 Å². The monoisotopic (exact) mass is 306 g/mol. The second-order valence-electron chi connectivity index (χ2n) is 4.56. The molecular formula is C14H14N2O4S. The van der Waals surface area contributed by atoms with Gasteiger partial charge in [0.15, 0.2) is 6.04 Å². The average molecular weight is 306 g/mol. The molecule has 110 valence electrons. The van der Waals surface area contributed by atoms with Gasteiger partial charge in [-0.15, -0.1) is 0 Å². The van der Waals surface area contributed by atoms with Gasteiger partial charge in [-0.05, 0) is 31.2 Å². The molecule has 1 atom stereocenters. The summed E-state index contributed by atoms with van der Waals surface area (Å²) in [7, 11) is -3.73. The number of carbonyl (C=O) groups is 1. The summed E-state index contributed by atoms with van der Waals surface area (Å²) >= 11 is 0. The minimum Gasteiger partial charge on any atom is -0.464 e. The molecule has 0 saturated carbocycles. The molecule has 0 spiro atoms. The molecule has 1 aromatic heterocycles. The molecule has 3 rings (SSSR count). The summed E-state index contributed by atoms with van der Waals surface area (Å²) in [5, 5.41) is 2.97. The van der Waals surface area contributed by atoms with Gasteiger partial charge >= 0.3 is 5.97 Å². The highest BCUT2D eigenvalue weighted by molar-refractivity contribution is 7.90. The van der Waals surface area contributed by atoms with Crippen molar-refractivity contribution in [3.63, 3.8) is 0 Å². The first-order valence-electron chi connectivity index (χ1n) is 6.50. The fourth-order valence-corrected chi connectivity index (χ4v) is 3.91. The molecule has 0 aliphatic carbocycles. The van der Waals surface area contributed by atoms with E-state index in [1.54, 1.807) is 37.3 Å². The molecule has 0 unspecified atom stereocenters. The number of anilines is 1. The number of aromatic nitrogens is 1. The molecule has 1 aromatic carbocycles. The molecule has 1 aliphatic rings. The summed E-state index contributed by atoms with van der Waals surface area (Å²) in [6.45, 7) is 1.93.